The third kappa shape index (κ3) is 3.25. The first-order valence-electron chi connectivity index (χ1n) is 6.44. The Morgan fingerprint density at radius 2 is 2.14 bits per heavy atom. The smallest absolute Gasteiger partial charge is 0.321 e. The molecule has 2 amide bonds. The fourth-order valence-corrected chi connectivity index (χ4v) is 3.18. The molecule has 0 radical (unpaired) electrons. The molecule has 1 aromatic carbocycles. The Hall–Kier alpha value is -1.86. The van der Waals surface area contributed by atoms with Gasteiger partial charge in [-0.25, -0.2) is 4.90 Å². The van der Waals surface area contributed by atoms with Gasteiger partial charge in [-0.3, -0.25) is 14.4 Å². The van der Waals surface area contributed by atoms with Gasteiger partial charge in [0.15, 0.2) is 0 Å². The lowest BCUT2D eigenvalue weighted by molar-refractivity contribution is -0.138. The number of thioether (sulfide) groups is 1. The number of nitrogens with two attached hydrogens (primary N) is 1. The van der Waals surface area contributed by atoms with Crippen LogP contribution < -0.4 is 10.6 Å². The molecule has 1 saturated heterocycles. The molecule has 0 aromatic heterocycles. The molecule has 6 nitrogen and oxygen atoms in total. The van der Waals surface area contributed by atoms with Crippen LogP contribution in [-0.4, -0.2) is 39.9 Å². The summed E-state index contributed by atoms with van der Waals surface area (Å²) in [6.07, 6.45) is 0.0736. The quantitative estimate of drug-likeness (QED) is 0.779. The van der Waals surface area contributed by atoms with Gasteiger partial charge in [0, 0.05) is 12.2 Å². The molecule has 112 valence electrons. The minimum Gasteiger partial charge on any atom is -0.480 e. The maximum absolute atomic E-state index is 12.3. The molecule has 0 unspecified atom stereocenters. The van der Waals surface area contributed by atoms with E-state index in [1.54, 1.807) is 12.1 Å². The Labute approximate surface area is 126 Å². The van der Waals surface area contributed by atoms with Gasteiger partial charge in [0.2, 0.25) is 11.8 Å². The van der Waals surface area contributed by atoms with Gasteiger partial charge in [0.1, 0.15) is 6.04 Å². The molecule has 1 aliphatic rings. The van der Waals surface area contributed by atoms with Crippen molar-refractivity contribution in [3.63, 3.8) is 0 Å². The maximum Gasteiger partial charge on any atom is 0.321 e. The second-order valence-electron chi connectivity index (χ2n) is 4.82. The highest BCUT2D eigenvalue weighted by molar-refractivity contribution is 8.00. The Bertz CT molecular complexity index is 590. The van der Waals surface area contributed by atoms with Crippen molar-refractivity contribution in [3.8, 4) is 0 Å². The number of anilines is 1. The first-order valence-corrected chi connectivity index (χ1v) is 7.49. The summed E-state index contributed by atoms with van der Waals surface area (Å²) in [6, 6.07) is 6.12. The molecule has 21 heavy (non-hydrogen) atoms. The Balaban J connectivity index is 2.10. The van der Waals surface area contributed by atoms with Crippen molar-refractivity contribution >= 4 is 35.2 Å². The molecule has 0 bridgehead atoms. The number of nitrogens with zero attached hydrogens (tertiary/aromatic N) is 1. The number of hydrogen-bond acceptors (Lipinski definition) is 5. The summed E-state index contributed by atoms with van der Waals surface area (Å²) in [7, 11) is 0. The molecule has 3 N–H and O–H groups in total. The summed E-state index contributed by atoms with van der Waals surface area (Å²) in [5, 5.41) is 8.17. The first kappa shape index (κ1) is 15.5. The predicted molar refractivity (Wildman–Crippen MR) is 80.1 cm³/mol. The lowest BCUT2D eigenvalue weighted by Crippen LogP contribution is -2.35. The minimum atomic E-state index is -1.12. The molecule has 1 fully saturated rings. The largest absolute Gasteiger partial charge is 0.480 e. The number of benzene rings is 1. The van der Waals surface area contributed by atoms with Crippen LogP contribution in [0.3, 0.4) is 0 Å². The third-order valence-electron chi connectivity index (χ3n) is 3.26. The van der Waals surface area contributed by atoms with Crippen LogP contribution in [0.5, 0.6) is 0 Å². The fraction of sp³-hybridized carbons (Fsp3) is 0.357. The third-order valence-corrected chi connectivity index (χ3v) is 4.58. The Morgan fingerprint density at radius 3 is 2.76 bits per heavy atom. The van der Waals surface area contributed by atoms with Gasteiger partial charge in [0.05, 0.1) is 10.9 Å². The number of para-hydroxylation sites is 1. The summed E-state index contributed by atoms with van der Waals surface area (Å²) in [4.78, 5) is 36.3. The Morgan fingerprint density at radius 1 is 1.48 bits per heavy atom. The normalized spacial score (nSPS) is 19.9. The van der Waals surface area contributed by atoms with Crippen LogP contribution >= 0.6 is 11.8 Å². The van der Waals surface area contributed by atoms with Crippen LogP contribution in [0, 0.1) is 6.92 Å². The summed E-state index contributed by atoms with van der Waals surface area (Å²) in [5.74, 6) is -1.59. The van der Waals surface area contributed by atoms with E-state index in [0.717, 1.165) is 17.3 Å². The number of hydrogen-bond donors (Lipinski definition) is 2. The van der Waals surface area contributed by atoms with Crippen molar-refractivity contribution < 1.29 is 19.5 Å². The van der Waals surface area contributed by atoms with E-state index in [1.165, 1.54) is 4.90 Å². The van der Waals surface area contributed by atoms with E-state index in [-0.39, 0.29) is 24.0 Å². The Kier molecular flexibility index (Phi) is 4.64. The monoisotopic (exact) mass is 308 g/mol. The SMILES string of the molecule is Cc1ccccc1N1C(=O)C[C@@H](SC[C@H](N)C(=O)O)C1=O. The molecule has 7 heteroatoms. The highest BCUT2D eigenvalue weighted by Gasteiger charge is 2.40. The molecule has 0 spiro atoms. The highest BCUT2D eigenvalue weighted by Crippen LogP contribution is 2.31. The average Bonchev–Trinajstić information content (AvgIpc) is 2.71. The molecule has 2 atom stereocenters. The van der Waals surface area contributed by atoms with Gasteiger partial charge >= 0.3 is 5.97 Å². The second kappa shape index (κ2) is 6.28. The van der Waals surface area contributed by atoms with Crippen molar-refractivity contribution in [1.82, 2.24) is 0 Å². The number of carbonyl (C=O) groups is 3. The fourth-order valence-electron chi connectivity index (χ4n) is 2.09. The second-order valence-corrected chi connectivity index (χ2v) is 6.06. The molecule has 1 aliphatic heterocycles. The van der Waals surface area contributed by atoms with Crippen molar-refractivity contribution in [2.24, 2.45) is 5.73 Å². The van der Waals surface area contributed by atoms with E-state index in [2.05, 4.69) is 0 Å². The summed E-state index contributed by atoms with van der Waals surface area (Å²) >= 11 is 1.12. The zero-order chi connectivity index (χ0) is 15.6. The zero-order valence-electron chi connectivity index (χ0n) is 11.5. The van der Waals surface area contributed by atoms with Crippen LogP contribution in [0.25, 0.3) is 0 Å². The van der Waals surface area contributed by atoms with Gasteiger partial charge in [-0.15, -0.1) is 11.8 Å². The van der Waals surface area contributed by atoms with Crippen molar-refractivity contribution in [2.45, 2.75) is 24.6 Å². The molecule has 1 aromatic rings. The van der Waals surface area contributed by atoms with E-state index in [1.807, 2.05) is 19.1 Å². The number of carboxylic acid groups (broad SMARTS) is 1. The molecule has 0 aliphatic carbocycles. The van der Waals surface area contributed by atoms with Crippen LogP contribution in [-0.2, 0) is 14.4 Å². The topological polar surface area (TPSA) is 101 Å². The average molecular weight is 308 g/mol. The maximum atomic E-state index is 12.3. The van der Waals surface area contributed by atoms with Gasteiger partial charge in [-0.1, -0.05) is 18.2 Å². The van der Waals surface area contributed by atoms with E-state index in [0.29, 0.717) is 5.69 Å². The number of carboxylic acids is 1. The number of rotatable bonds is 5. The number of aliphatic carboxylic acids is 1. The van der Waals surface area contributed by atoms with Gasteiger partial charge in [-0.2, -0.15) is 0 Å². The van der Waals surface area contributed by atoms with Crippen LogP contribution in [0.2, 0.25) is 0 Å². The highest BCUT2D eigenvalue weighted by atomic mass is 32.2. The first-order chi connectivity index (χ1) is 9.91. The number of imide groups is 1. The summed E-state index contributed by atoms with van der Waals surface area (Å²) < 4.78 is 0. The molecule has 1 heterocycles. The predicted octanol–water partition coefficient (Wildman–Crippen LogP) is 0.772. The molecule has 2 rings (SSSR count). The molecule has 0 saturated carbocycles. The van der Waals surface area contributed by atoms with Gasteiger partial charge in [0.25, 0.3) is 0 Å². The molecular formula is C14H16N2O4S. The van der Waals surface area contributed by atoms with Crippen LogP contribution in [0.15, 0.2) is 24.3 Å². The lowest BCUT2D eigenvalue weighted by Gasteiger charge is -2.17. The number of amides is 2. The lowest BCUT2D eigenvalue weighted by atomic mass is 10.2. The number of carbonyl (C=O) groups excluding carboxylic acids is 2. The summed E-state index contributed by atoms with van der Waals surface area (Å²) in [5.41, 5.74) is 6.84. The van der Waals surface area contributed by atoms with E-state index in [4.69, 9.17) is 10.8 Å². The van der Waals surface area contributed by atoms with Gasteiger partial charge < -0.3 is 10.8 Å². The van der Waals surface area contributed by atoms with Crippen LogP contribution in [0.4, 0.5) is 5.69 Å². The number of aryl methyl sites for hydroxylation is 1. The van der Waals surface area contributed by atoms with Crippen molar-refractivity contribution in [1.29, 1.82) is 0 Å². The van der Waals surface area contributed by atoms with Crippen LogP contribution in [0.1, 0.15) is 12.0 Å². The van der Waals surface area contributed by atoms with E-state index in [9.17, 15) is 14.4 Å². The standard InChI is InChI=1S/C14H16N2O4S/c1-8-4-2-3-5-10(8)16-12(17)6-11(13(16)18)21-7-9(15)14(19)20/h2-5,9,11H,6-7,15H2,1H3,(H,19,20)/t9-,11+/m0/s1. The minimum absolute atomic E-state index is 0.0736. The van der Waals surface area contributed by atoms with Crippen molar-refractivity contribution in [2.75, 3.05) is 10.7 Å². The van der Waals surface area contributed by atoms with E-state index >= 15 is 0 Å². The molecular weight excluding hydrogens is 292 g/mol. The van der Waals surface area contributed by atoms with Gasteiger partial charge in [-0.05, 0) is 18.6 Å². The summed E-state index contributed by atoms with van der Waals surface area (Å²) in [6.45, 7) is 1.83. The van der Waals surface area contributed by atoms with Crippen molar-refractivity contribution in [3.05, 3.63) is 29.8 Å². The van der Waals surface area contributed by atoms with E-state index < -0.39 is 17.3 Å². The zero-order valence-corrected chi connectivity index (χ0v) is 12.3.